The van der Waals surface area contributed by atoms with Gasteiger partial charge in [0.05, 0.1) is 5.39 Å². The molecule has 2 aliphatic carbocycles. The Balaban J connectivity index is 1.80. The van der Waals surface area contributed by atoms with Crippen molar-refractivity contribution in [3.8, 4) is 28.7 Å². The topological polar surface area (TPSA) is 101 Å². The maximum absolute atomic E-state index is 10.4. The van der Waals surface area contributed by atoms with Gasteiger partial charge in [-0.1, -0.05) is 38.0 Å². The molecule has 31 heavy (non-hydrogen) atoms. The zero-order chi connectivity index (χ0) is 21.9. The number of phenolic OH excluding ortho intramolecular Hbond substituents is 5. The van der Waals surface area contributed by atoms with Crippen molar-refractivity contribution < 1.29 is 25.5 Å². The van der Waals surface area contributed by atoms with Crippen LogP contribution in [-0.2, 0) is 5.41 Å². The van der Waals surface area contributed by atoms with Crippen molar-refractivity contribution in [1.82, 2.24) is 0 Å². The predicted molar refractivity (Wildman–Crippen MR) is 121 cm³/mol. The van der Waals surface area contributed by atoms with Crippen molar-refractivity contribution in [2.75, 3.05) is 0 Å². The molecule has 0 saturated heterocycles. The number of benzene rings is 3. The maximum Gasteiger partial charge on any atom is 0.169 e. The van der Waals surface area contributed by atoms with Crippen LogP contribution in [0.15, 0.2) is 36.4 Å². The van der Waals surface area contributed by atoms with E-state index in [4.69, 9.17) is 0 Å². The summed E-state index contributed by atoms with van der Waals surface area (Å²) in [6, 6.07) is 9.91. The van der Waals surface area contributed by atoms with E-state index in [0.717, 1.165) is 54.4 Å². The Kier molecular flexibility index (Phi) is 4.33. The monoisotopic (exact) mass is 418 g/mol. The molecule has 0 aliphatic heterocycles. The van der Waals surface area contributed by atoms with E-state index >= 15 is 0 Å². The van der Waals surface area contributed by atoms with Crippen LogP contribution < -0.4 is 0 Å². The number of aromatic hydroxyl groups is 5. The minimum absolute atomic E-state index is 0.0893. The van der Waals surface area contributed by atoms with Gasteiger partial charge in [-0.3, -0.25) is 0 Å². The van der Waals surface area contributed by atoms with Crippen LogP contribution >= 0.6 is 0 Å². The standard InChI is InChI=1S/C26H26O5/c1-2-16-5-4-8-26(16)13-15(9-14-10-21(28)22(29)12-19(14)26)18-11-23(30)25(31)24-17(18)6-3-7-20(24)27/h3,6-7,9-12,16,27-31H,2,4-5,8,13H2,1H3/t16-,26+/m1/s1. The molecule has 3 aromatic carbocycles. The molecule has 0 unspecified atom stereocenters. The molecule has 1 saturated carbocycles. The maximum atomic E-state index is 10.4. The van der Waals surface area contributed by atoms with Crippen LogP contribution in [0.5, 0.6) is 28.7 Å². The fraction of sp³-hybridized carbons (Fsp3) is 0.308. The number of fused-ring (bicyclic) bond motifs is 3. The van der Waals surface area contributed by atoms with Gasteiger partial charge >= 0.3 is 0 Å². The summed E-state index contributed by atoms with van der Waals surface area (Å²) in [6.45, 7) is 2.19. The summed E-state index contributed by atoms with van der Waals surface area (Å²) in [5.41, 5.74) is 3.48. The molecule has 2 atom stereocenters. The summed E-state index contributed by atoms with van der Waals surface area (Å²) in [5, 5.41) is 52.5. The highest BCUT2D eigenvalue weighted by molar-refractivity contribution is 6.05. The largest absolute Gasteiger partial charge is 0.507 e. The highest BCUT2D eigenvalue weighted by atomic mass is 16.3. The van der Waals surface area contributed by atoms with Crippen LogP contribution in [0.4, 0.5) is 0 Å². The number of allylic oxidation sites excluding steroid dienone is 1. The van der Waals surface area contributed by atoms with E-state index in [2.05, 4.69) is 6.92 Å². The summed E-state index contributed by atoms with van der Waals surface area (Å²) in [5.74, 6) is -0.532. The van der Waals surface area contributed by atoms with E-state index in [-0.39, 0.29) is 39.5 Å². The third-order valence-corrected chi connectivity index (χ3v) is 7.41. The second kappa shape index (κ2) is 6.84. The van der Waals surface area contributed by atoms with Crippen LogP contribution in [-0.4, -0.2) is 25.5 Å². The summed E-state index contributed by atoms with van der Waals surface area (Å²) >= 11 is 0. The molecule has 2 aliphatic rings. The lowest BCUT2D eigenvalue weighted by atomic mass is 9.62. The molecular formula is C26H26O5. The van der Waals surface area contributed by atoms with Gasteiger partial charge in [0.15, 0.2) is 23.0 Å². The van der Waals surface area contributed by atoms with Crippen LogP contribution in [0.1, 0.15) is 55.7 Å². The lowest BCUT2D eigenvalue weighted by Crippen LogP contribution is -2.33. The van der Waals surface area contributed by atoms with E-state index in [1.165, 1.54) is 6.07 Å². The average Bonchev–Trinajstić information content (AvgIpc) is 3.15. The fourth-order valence-electron chi connectivity index (χ4n) is 6.01. The fourth-order valence-corrected chi connectivity index (χ4v) is 6.01. The summed E-state index contributed by atoms with van der Waals surface area (Å²) in [4.78, 5) is 0. The Bertz CT molecular complexity index is 1240. The van der Waals surface area contributed by atoms with Crippen LogP contribution in [0.3, 0.4) is 0 Å². The quantitative estimate of drug-likeness (QED) is 0.341. The first-order valence-electron chi connectivity index (χ1n) is 10.8. The molecule has 0 amide bonds. The van der Waals surface area contributed by atoms with Gasteiger partial charge in [0.25, 0.3) is 0 Å². The molecule has 0 radical (unpaired) electrons. The second-order valence-electron chi connectivity index (χ2n) is 8.92. The molecule has 5 nitrogen and oxygen atoms in total. The van der Waals surface area contributed by atoms with Crippen molar-refractivity contribution in [1.29, 1.82) is 0 Å². The van der Waals surface area contributed by atoms with E-state index in [0.29, 0.717) is 11.3 Å². The van der Waals surface area contributed by atoms with Gasteiger partial charge in [0, 0.05) is 5.41 Å². The molecule has 1 spiro atoms. The Morgan fingerprint density at radius 3 is 2.48 bits per heavy atom. The zero-order valence-electron chi connectivity index (χ0n) is 17.4. The van der Waals surface area contributed by atoms with Gasteiger partial charge in [0.1, 0.15) is 5.75 Å². The molecule has 0 aromatic heterocycles. The van der Waals surface area contributed by atoms with Crippen molar-refractivity contribution in [3.63, 3.8) is 0 Å². The van der Waals surface area contributed by atoms with Crippen molar-refractivity contribution >= 4 is 22.4 Å². The normalized spacial score (nSPS) is 22.6. The number of hydrogen-bond acceptors (Lipinski definition) is 5. The van der Waals surface area contributed by atoms with Gasteiger partial charge in [-0.2, -0.15) is 0 Å². The molecule has 5 rings (SSSR count). The molecular weight excluding hydrogens is 392 g/mol. The first-order valence-corrected chi connectivity index (χ1v) is 10.8. The van der Waals surface area contributed by atoms with Gasteiger partial charge in [-0.25, -0.2) is 0 Å². The second-order valence-corrected chi connectivity index (χ2v) is 8.92. The average molecular weight is 418 g/mol. The molecule has 5 N–H and O–H groups in total. The van der Waals surface area contributed by atoms with Gasteiger partial charge in [0.2, 0.25) is 0 Å². The Morgan fingerprint density at radius 1 is 0.935 bits per heavy atom. The van der Waals surface area contributed by atoms with Gasteiger partial charge < -0.3 is 25.5 Å². The molecule has 160 valence electrons. The summed E-state index contributed by atoms with van der Waals surface area (Å²) in [7, 11) is 0. The lowest BCUT2D eigenvalue weighted by molar-refractivity contribution is 0.306. The Labute approximate surface area is 180 Å². The van der Waals surface area contributed by atoms with Gasteiger partial charge in [-0.15, -0.1) is 0 Å². The van der Waals surface area contributed by atoms with E-state index in [9.17, 15) is 25.5 Å². The molecule has 0 heterocycles. The highest BCUT2D eigenvalue weighted by Crippen LogP contribution is 2.58. The highest BCUT2D eigenvalue weighted by Gasteiger charge is 2.46. The van der Waals surface area contributed by atoms with Crippen molar-refractivity contribution in [2.45, 2.75) is 44.4 Å². The minimum atomic E-state index is -0.335. The van der Waals surface area contributed by atoms with Crippen LogP contribution in [0, 0.1) is 5.92 Å². The van der Waals surface area contributed by atoms with E-state index in [1.54, 1.807) is 24.3 Å². The Hall–Kier alpha value is -3.34. The first-order chi connectivity index (χ1) is 14.9. The zero-order valence-corrected chi connectivity index (χ0v) is 17.4. The molecule has 0 bridgehead atoms. The SMILES string of the molecule is CC[C@@H]1CCC[C@]12CC(c1cc(O)c(O)c3c(O)cccc13)=Cc1cc(O)c(O)cc12. The number of hydrogen-bond donors (Lipinski definition) is 5. The van der Waals surface area contributed by atoms with Crippen molar-refractivity contribution in [2.24, 2.45) is 5.92 Å². The van der Waals surface area contributed by atoms with E-state index in [1.807, 2.05) is 12.1 Å². The van der Waals surface area contributed by atoms with Gasteiger partial charge in [-0.05, 0) is 77.1 Å². The first kappa shape index (κ1) is 19.6. The Morgan fingerprint density at radius 2 is 1.71 bits per heavy atom. The lowest BCUT2D eigenvalue weighted by Gasteiger charge is -2.41. The minimum Gasteiger partial charge on any atom is -0.507 e. The summed E-state index contributed by atoms with van der Waals surface area (Å²) < 4.78 is 0. The van der Waals surface area contributed by atoms with Crippen molar-refractivity contribution in [3.05, 3.63) is 53.1 Å². The van der Waals surface area contributed by atoms with Crippen LogP contribution in [0.2, 0.25) is 0 Å². The van der Waals surface area contributed by atoms with E-state index < -0.39 is 0 Å². The molecule has 5 heteroatoms. The number of rotatable bonds is 2. The third kappa shape index (κ3) is 2.76. The molecule has 3 aromatic rings. The molecule has 1 fully saturated rings. The smallest absolute Gasteiger partial charge is 0.169 e. The third-order valence-electron chi connectivity index (χ3n) is 7.41. The van der Waals surface area contributed by atoms with Crippen LogP contribution in [0.25, 0.3) is 22.4 Å². The predicted octanol–water partition coefficient (Wildman–Crippen LogP) is 5.76. The summed E-state index contributed by atoms with van der Waals surface area (Å²) in [6.07, 6.45) is 6.89. The number of phenols is 5.